The van der Waals surface area contributed by atoms with Gasteiger partial charge in [-0.3, -0.25) is 4.79 Å². The maximum Gasteiger partial charge on any atom is 0.323 e. The smallest absolute Gasteiger partial charge is 0.323 e. The molecule has 0 unspecified atom stereocenters. The molecular formula is C16H22N2O3. The highest BCUT2D eigenvalue weighted by Gasteiger charge is 2.17. The van der Waals surface area contributed by atoms with Crippen LogP contribution in [-0.4, -0.2) is 36.3 Å². The van der Waals surface area contributed by atoms with Gasteiger partial charge in [-0.25, -0.2) is 0 Å². The summed E-state index contributed by atoms with van der Waals surface area (Å²) >= 11 is 0. The van der Waals surface area contributed by atoms with Crippen molar-refractivity contribution in [3.63, 3.8) is 0 Å². The van der Waals surface area contributed by atoms with Gasteiger partial charge in [-0.05, 0) is 25.5 Å². The van der Waals surface area contributed by atoms with Crippen molar-refractivity contribution in [2.45, 2.75) is 32.4 Å². The van der Waals surface area contributed by atoms with Crippen molar-refractivity contribution in [3.8, 4) is 0 Å². The molecule has 0 radical (unpaired) electrons. The molecule has 1 aromatic carbocycles. The van der Waals surface area contributed by atoms with Crippen LogP contribution in [0.2, 0.25) is 0 Å². The molecule has 1 atom stereocenters. The van der Waals surface area contributed by atoms with E-state index in [1.807, 2.05) is 44.3 Å². The van der Waals surface area contributed by atoms with Gasteiger partial charge in [-0.15, -0.1) is 0 Å². The molecule has 0 aliphatic heterocycles. The van der Waals surface area contributed by atoms with E-state index in [-0.39, 0.29) is 12.7 Å². The highest BCUT2D eigenvalue weighted by Crippen LogP contribution is 2.18. The second-order valence-corrected chi connectivity index (χ2v) is 5.26. The molecule has 21 heavy (non-hydrogen) atoms. The fourth-order valence-electron chi connectivity index (χ4n) is 2.15. The van der Waals surface area contributed by atoms with Gasteiger partial charge in [0.05, 0.1) is 12.7 Å². The Kier molecular flexibility index (Phi) is 5.36. The fourth-order valence-corrected chi connectivity index (χ4v) is 2.15. The second-order valence-electron chi connectivity index (χ2n) is 5.26. The zero-order valence-electron chi connectivity index (χ0n) is 12.5. The quantitative estimate of drug-likeness (QED) is 0.604. The first-order valence-corrected chi connectivity index (χ1v) is 7.16. The molecule has 1 heterocycles. The van der Waals surface area contributed by atoms with Crippen LogP contribution in [0.1, 0.15) is 19.4 Å². The lowest BCUT2D eigenvalue weighted by molar-refractivity contribution is -0.147. The van der Waals surface area contributed by atoms with Crippen LogP contribution in [0.15, 0.2) is 30.5 Å². The molecule has 2 rings (SSSR count). The molecule has 1 aromatic heterocycles. The molecule has 5 nitrogen and oxygen atoms in total. The van der Waals surface area contributed by atoms with E-state index >= 15 is 0 Å². The summed E-state index contributed by atoms with van der Waals surface area (Å²) < 4.78 is 10.4. The van der Waals surface area contributed by atoms with Gasteiger partial charge in [-0.2, -0.15) is 0 Å². The van der Waals surface area contributed by atoms with Gasteiger partial charge in [-0.1, -0.05) is 18.2 Å². The lowest BCUT2D eigenvalue weighted by Gasteiger charge is -2.12. The van der Waals surface area contributed by atoms with E-state index < -0.39 is 12.0 Å². The summed E-state index contributed by atoms with van der Waals surface area (Å²) in [6.45, 7) is 4.50. The highest BCUT2D eigenvalue weighted by molar-refractivity contribution is 5.84. The summed E-state index contributed by atoms with van der Waals surface area (Å²) in [4.78, 5) is 15.0. The summed E-state index contributed by atoms with van der Waals surface area (Å²) in [6, 6.07) is 7.27. The third-order valence-corrected chi connectivity index (χ3v) is 3.20. The summed E-state index contributed by atoms with van der Waals surface area (Å²) in [6.07, 6.45) is 2.47. The molecule has 0 aliphatic carbocycles. The van der Waals surface area contributed by atoms with Crippen LogP contribution < -0.4 is 5.73 Å². The van der Waals surface area contributed by atoms with Crippen molar-refractivity contribution in [2.75, 3.05) is 13.2 Å². The molecule has 0 bridgehead atoms. The molecule has 0 amide bonds. The lowest BCUT2D eigenvalue weighted by atomic mass is 10.1. The fraction of sp³-hybridized carbons (Fsp3) is 0.438. The Morgan fingerprint density at radius 1 is 1.29 bits per heavy atom. The van der Waals surface area contributed by atoms with Crippen LogP contribution in [-0.2, 0) is 20.7 Å². The summed E-state index contributed by atoms with van der Waals surface area (Å²) in [5.74, 6) is -0.396. The first-order chi connectivity index (χ1) is 10.1. The zero-order valence-corrected chi connectivity index (χ0v) is 12.5. The normalized spacial score (nSPS) is 12.8. The van der Waals surface area contributed by atoms with Crippen LogP contribution >= 0.6 is 0 Å². The molecule has 2 aromatic rings. The lowest BCUT2D eigenvalue weighted by Crippen LogP contribution is -2.35. The van der Waals surface area contributed by atoms with E-state index in [4.69, 9.17) is 15.2 Å². The Hall–Kier alpha value is -1.85. The molecule has 0 saturated heterocycles. The summed E-state index contributed by atoms with van der Waals surface area (Å²) in [5.41, 5.74) is 7.97. The van der Waals surface area contributed by atoms with Crippen LogP contribution in [0.5, 0.6) is 0 Å². The van der Waals surface area contributed by atoms with E-state index in [1.54, 1.807) is 0 Å². The monoisotopic (exact) mass is 290 g/mol. The Balaban J connectivity index is 1.86. The number of H-pyrrole nitrogens is 1. The number of benzene rings is 1. The minimum atomic E-state index is -0.664. The maximum atomic E-state index is 11.8. The number of para-hydroxylation sites is 1. The number of fused-ring (bicyclic) bond motifs is 1. The third-order valence-electron chi connectivity index (χ3n) is 3.20. The SMILES string of the molecule is CC(C)OCCOC(=O)[C@@H](N)Cc1c[nH]c2ccccc12. The largest absolute Gasteiger partial charge is 0.462 e. The number of carbonyl (C=O) groups is 1. The van der Waals surface area contributed by atoms with E-state index in [1.165, 1.54) is 0 Å². The van der Waals surface area contributed by atoms with Gasteiger partial charge in [0.2, 0.25) is 0 Å². The minimum Gasteiger partial charge on any atom is -0.462 e. The first-order valence-electron chi connectivity index (χ1n) is 7.16. The number of rotatable bonds is 7. The van der Waals surface area contributed by atoms with Gasteiger partial charge in [0.1, 0.15) is 12.6 Å². The Labute approximate surface area is 124 Å². The number of esters is 1. The Bertz CT molecular complexity index is 592. The van der Waals surface area contributed by atoms with E-state index in [2.05, 4.69) is 4.98 Å². The Morgan fingerprint density at radius 2 is 2.05 bits per heavy atom. The van der Waals surface area contributed by atoms with Crippen molar-refractivity contribution in [2.24, 2.45) is 5.73 Å². The maximum absolute atomic E-state index is 11.8. The molecule has 0 fully saturated rings. The number of aromatic amines is 1. The van der Waals surface area contributed by atoms with Crippen molar-refractivity contribution in [1.82, 2.24) is 4.98 Å². The van der Waals surface area contributed by atoms with E-state index in [0.29, 0.717) is 13.0 Å². The molecule has 0 spiro atoms. The number of nitrogens with two attached hydrogens (primary N) is 1. The van der Waals surface area contributed by atoms with Gasteiger partial charge < -0.3 is 20.2 Å². The second kappa shape index (κ2) is 7.24. The van der Waals surface area contributed by atoms with Gasteiger partial charge in [0.25, 0.3) is 0 Å². The highest BCUT2D eigenvalue weighted by atomic mass is 16.6. The topological polar surface area (TPSA) is 77.3 Å². The predicted molar refractivity (Wildman–Crippen MR) is 82.0 cm³/mol. The number of ether oxygens (including phenoxy) is 2. The third kappa shape index (κ3) is 4.31. The van der Waals surface area contributed by atoms with E-state index in [0.717, 1.165) is 16.5 Å². The molecule has 3 N–H and O–H groups in total. The number of hydrogen-bond donors (Lipinski definition) is 2. The van der Waals surface area contributed by atoms with Crippen LogP contribution in [0.3, 0.4) is 0 Å². The average molecular weight is 290 g/mol. The molecule has 114 valence electrons. The molecule has 0 aliphatic rings. The molecular weight excluding hydrogens is 268 g/mol. The molecule has 5 heteroatoms. The van der Waals surface area contributed by atoms with Crippen LogP contribution in [0.4, 0.5) is 0 Å². The van der Waals surface area contributed by atoms with Gasteiger partial charge in [0, 0.05) is 23.5 Å². The standard InChI is InChI=1S/C16H22N2O3/c1-11(2)20-7-8-21-16(19)14(17)9-12-10-18-15-6-4-3-5-13(12)15/h3-6,10-11,14,18H,7-9,17H2,1-2H3/t14-/m0/s1. The number of aromatic nitrogens is 1. The van der Waals surface area contributed by atoms with Crippen LogP contribution in [0, 0.1) is 0 Å². The van der Waals surface area contributed by atoms with Gasteiger partial charge in [0.15, 0.2) is 0 Å². The van der Waals surface area contributed by atoms with E-state index in [9.17, 15) is 4.79 Å². The summed E-state index contributed by atoms with van der Waals surface area (Å²) in [5, 5.41) is 1.09. The Morgan fingerprint density at radius 3 is 2.81 bits per heavy atom. The van der Waals surface area contributed by atoms with Crippen molar-refractivity contribution in [3.05, 3.63) is 36.0 Å². The predicted octanol–water partition coefficient (Wildman–Crippen LogP) is 2.01. The number of carbonyl (C=O) groups excluding carboxylic acids is 1. The summed E-state index contributed by atoms with van der Waals surface area (Å²) in [7, 11) is 0. The average Bonchev–Trinajstić information content (AvgIpc) is 2.86. The van der Waals surface area contributed by atoms with Crippen LogP contribution in [0.25, 0.3) is 10.9 Å². The molecule has 0 saturated carbocycles. The van der Waals surface area contributed by atoms with Crippen molar-refractivity contribution >= 4 is 16.9 Å². The minimum absolute atomic E-state index is 0.128. The van der Waals surface area contributed by atoms with Crippen molar-refractivity contribution < 1.29 is 14.3 Å². The number of nitrogens with one attached hydrogen (secondary N) is 1. The zero-order chi connectivity index (χ0) is 15.2. The first kappa shape index (κ1) is 15.5. The van der Waals surface area contributed by atoms with Crippen molar-refractivity contribution in [1.29, 1.82) is 0 Å². The van der Waals surface area contributed by atoms with Gasteiger partial charge >= 0.3 is 5.97 Å². The number of hydrogen-bond acceptors (Lipinski definition) is 4.